The van der Waals surface area contributed by atoms with Crippen LogP contribution in [0, 0.1) is 11.6 Å². The molecular formula is C65H111F3N8O5. The number of methoxy groups -OCH3 is 1. The normalized spacial score (nSPS) is 15.4. The lowest BCUT2D eigenvalue weighted by Crippen LogP contribution is -2.47. The van der Waals surface area contributed by atoms with Gasteiger partial charge in [0.05, 0.1) is 26.1 Å². The van der Waals surface area contributed by atoms with Gasteiger partial charge in [-0.2, -0.15) is 0 Å². The van der Waals surface area contributed by atoms with E-state index >= 15 is 8.78 Å². The molecule has 0 aliphatic carbocycles. The number of ether oxygens (including phenoxy) is 1. The molecular weight excluding hydrogens is 1030 g/mol. The molecule has 0 bridgehead atoms. The van der Waals surface area contributed by atoms with Crippen LogP contribution < -0.4 is 37.0 Å². The van der Waals surface area contributed by atoms with Crippen molar-refractivity contribution in [2.45, 2.75) is 199 Å². The first kappa shape index (κ1) is 77.8. The summed E-state index contributed by atoms with van der Waals surface area (Å²) in [4.78, 5) is 44.9. The molecule has 2 saturated heterocycles. The molecule has 0 saturated carbocycles. The number of amides is 3. The van der Waals surface area contributed by atoms with Crippen molar-refractivity contribution >= 4 is 23.4 Å². The van der Waals surface area contributed by atoms with Crippen LogP contribution >= 0.6 is 0 Å². The van der Waals surface area contributed by atoms with E-state index in [1.165, 1.54) is 47.2 Å². The van der Waals surface area contributed by atoms with Crippen molar-refractivity contribution in [1.29, 1.82) is 0 Å². The van der Waals surface area contributed by atoms with E-state index in [9.17, 15) is 18.9 Å². The number of benzene rings is 2. The fourth-order valence-electron chi connectivity index (χ4n) is 9.57. The first-order chi connectivity index (χ1) is 39.0. The molecule has 1 atom stereocenters. The van der Waals surface area contributed by atoms with Crippen LogP contribution in [0.3, 0.4) is 0 Å². The summed E-state index contributed by atoms with van der Waals surface area (Å²) in [6.07, 6.45) is 15.6. The average molecular weight is 1140 g/mol. The van der Waals surface area contributed by atoms with Crippen molar-refractivity contribution in [3.63, 3.8) is 0 Å². The number of hydrogen-bond donors (Lipinski definition) is 6. The summed E-state index contributed by atoms with van der Waals surface area (Å²) in [6, 6.07) is 8.02. The molecule has 2 aromatic carbocycles. The third kappa shape index (κ3) is 28.0. The lowest BCUT2D eigenvalue weighted by atomic mass is 9.89. The van der Waals surface area contributed by atoms with Gasteiger partial charge in [-0.05, 0) is 157 Å². The third-order valence-corrected chi connectivity index (χ3v) is 13.6. The number of carbonyl (C=O) groups is 3. The highest BCUT2D eigenvalue weighted by Crippen LogP contribution is 2.36. The fourth-order valence-corrected chi connectivity index (χ4v) is 9.57. The van der Waals surface area contributed by atoms with E-state index in [1.54, 1.807) is 12.0 Å². The second kappa shape index (κ2) is 46.2. The van der Waals surface area contributed by atoms with Gasteiger partial charge in [-0.15, -0.1) is 4.48 Å². The molecule has 3 amide bonds. The van der Waals surface area contributed by atoms with Gasteiger partial charge in [-0.3, -0.25) is 29.4 Å². The number of dihydropyridines is 1. The van der Waals surface area contributed by atoms with Crippen LogP contribution in [0.5, 0.6) is 5.75 Å². The largest absolute Gasteiger partial charge is 0.495 e. The first-order valence-electron chi connectivity index (χ1n) is 30.2. The van der Waals surface area contributed by atoms with Crippen LogP contribution in [0.15, 0.2) is 88.7 Å². The number of likely N-dealkylation sites (tertiary alicyclic amines) is 1. The summed E-state index contributed by atoms with van der Waals surface area (Å²) in [5.74, 6) is -1.36. The van der Waals surface area contributed by atoms with Gasteiger partial charge in [-0.25, -0.2) is 8.78 Å². The minimum atomic E-state index is -0.635. The molecule has 0 radical (unpaired) electrons. The predicted molar refractivity (Wildman–Crippen MR) is 335 cm³/mol. The van der Waals surface area contributed by atoms with Crippen molar-refractivity contribution < 1.29 is 37.2 Å². The fraction of sp³-hybridized carbons (Fsp3) is 0.615. The van der Waals surface area contributed by atoms with Gasteiger partial charge in [0.1, 0.15) is 23.4 Å². The average Bonchev–Trinajstić information content (AvgIpc) is 3.48. The van der Waals surface area contributed by atoms with Gasteiger partial charge in [0.25, 0.3) is 5.91 Å². The summed E-state index contributed by atoms with van der Waals surface area (Å²) >= 11 is 0. The van der Waals surface area contributed by atoms with Crippen molar-refractivity contribution in [2.75, 3.05) is 72.9 Å². The van der Waals surface area contributed by atoms with Crippen molar-refractivity contribution in [2.24, 2.45) is 0 Å². The SMILES string of the molecule is C=C(/C=C(\C)CN(CCC)C(=O)c1cc(F)c(C(CCC)CCC)c(F)c1)CN1CCC(c2ccc(NC3CCC(=O)NC3=O)c(OC)c2)CC1.CC.CC.CC.CC.CC/C(C)=C/C1=C(C)NCC=C1CC(NC)NC.CONF. The van der Waals surface area contributed by atoms with E-state index < -0.39 is 17.7 Å². The Balaban J connectivity index is 0. The highest BCUT2D eigenvalue weighted by molar-refractivity contribution is 6.01. The quantitative estimate of drug-likeness (QED) is 0.0196. The van der Waals surface area contributed by atoms with Crippen LogP contribution in [0.25, 0.3) is 0 Å². The maximum atomic E-state index is 15.3. The highest BCUT2D eigenvalue weighted by atomic mass is 19.2. The number of carbonyl (C=O) groups excluding carboxylic acids is 3. The number of rotatable bonds is 24. The molecule has 1 unspecified atom stereocenters. The zero-order chi connectivity index (χ0) is 62.0. The highest BCUT2D eigenvalue weighted by Gasteiger charge is 2.29. The van der Waals surface area contributed by atoms with Crippen molar-refractivity contribution in [3.05, 3.63) is 117 Å². The van der Waals surface area contributed by atoms with Crippen LogP contribution in [-0.2, 0) is 14.4 Å². The van der Waals surface area contributed by atoms with Crippen LogP contribution in [0.4, 0.5) is 18.9 Å². The number of allylic oxidation sites excluding steroid dienone is 4. The minimum absolute atomic E-state index is 0.0429. The molecule has 0 aromatic heterocycles. The van der Waals surface area contributed by atoms with Gasteiger partial charge >= 0.3 is 0 Å². The molecule has 0 spiro atoms. The second-order valence-corrected chi connectivity index (χ2v) is 19.3. The van der Waals surface area contributed by atoms with Gasteiger partial charge in [0, 0.05) is 55.8 Å². The molecule has 13 nitrogen and oxygen atoms in total. The summed E-state index contributed by atoms with van der Waals surface area (Å²) < 4.78 is 46.5. The van der Waals surface area contributed by atoms with Crippen LogP contribution in [0.2, 0.25) is 0 Å². The Labute approximate surface area is 489 Å². The summed E-state index contributed by atoms with van der Waals surface area (Å²) in [5, 5.41) is 15.6. The number of halogens is 3. The minimum Gasteiger partial charge on any atom is -0.495 e. The number of imide groups is 1. The van der Waals surface area contributed by atoms with Gasteiger partial charge < -0.3 is 30.9 Å². The zero-order valence-corrected chi connectivity index (χ0v) is 53.7. The Morgan fingerprint density at radius 3 is 1.95 bits per heavy atom. The second-order valence-electron chi connectivity index (χ2n) is 19.3. The van der Waals surface area contributed by atoms with Gasteiger partial charge in [0.2, 0.25) is 11.8 Å². The van der Waals surface area contributed by atoms with Crippen LogP contribution in [0.1, 0.15) is 208 Å². The van der Waals surface area contributed by atoms with E-state index in [-0.39, 0.29) is 34.8 Å². The number of nitrogens with one attached hydrogen (secondary N) is 6. The molecule has 81 heavy (non-hydrogen) atoms. The monoisotopic (exact) mass is 1140 g/mol. The molecule has 3 heterocycles. The number of nitrogens with zero attached hydrogens (tertiary/aromatic N) is 2. The van der Waals surface area contributed by atoms with Crippen molar-refractivity contribution in [1.82, 2.24) is 36.8 Å². The number of anilines is 1. The Bertz CT molecular complexity index is 2210. The number of piperidine rings is 2. The molecule has 3 aliphatic rings. The molecule has 16 heteroatoms. The maximum absolute atomic E-state index is 15.3. The molecule has 2 fully saturated rings. The molecule has 6 N–H and O–H groups in total. The van der Waals surface area contributed by atoms with Gasteiger partial charge in [0.15, 0.2) is 0 Å². The zero-order valence-electron chi connectivity index (χ0n) is 53.7. The van der Waals surface area contributed by atoms with E-state index in [4.69, 9.17) is 4.74 Å². The summed E-state index contributed by atoms with van der Waals surface area (Å²) in [5.41, 5.74) is 10.4. The van der Waals surface area contributed by atoms with E-state index in [0.717, 1.165) is 87.1 Å². The van der Waals surface area contributed by atoms with E-state index in [2.05, 4.69) is 81.9 Å². The lowest BCUT2D eigenvalue weighted by Gasteiger charge is -2.33. The Morgan fingerprint density at radius 1 is 0.877 bits per heavy atom. The lowest BCUT2D eigenvalue weighted by molar-refractivity contribution is -0.133. The topological polar surface area (TPSA) is 148 Å². The Hall–Kier alpha value is -5.26. The van der Waals surface area contributed by atoms with Crippen molar-refractivity contribution in [3.8, 4) is 5.75 Å². The van der Waals surface area contributed by atoms with Crippen LogP contribution in [-0.4, -0.2) is 107 Å². The first-order valence-corrected chi connectivity index (χ1v) is 30.2. The van der Waals surface area contributed by atoms with Gasteiger partial charge in [-0.1, -0.05) is 138 Å². The Morgan fingerprint density at radius 2 is 1.46 bits per heavy atom. The third-order valence-electron chi connectivity index (χ3n) is 13.6. The molecule has 3 aliphatic heterocycles. The summed E-state index contributed by atoms with van der Waals surface area (Å²) in [6.45, 7) is 39.1. The number of hydrogen-bond acceptors (Lipinski definition) is 11. The smallest absolute Gasteiger partial charge is 0.254 e. The molecule has 2 aromatic rings. The van der Waals surface area contributed by atoms with E-state index in [0.29, 0.717) is 63.2 Å². The molecule has 462 valence electrons. The Kier molecular flexibility index (Phi) is 44.4. The predicted octanol–water partition coefficient (Wildman–Crippen LogP) is 14.5. The maximum Gasteiger partial charge on any atom is 0.254 e. The van der Waals surface area contributed by atoms with E-state index in [1.807, 2.05) is 115 Å². The standard InChI is InChI=1S/C41H56F2N4O4.C15H27N3.4C2H6.CH4FNO/c1-7-10-30(11-8-2)39-33(42)22-32(23-34(39)43)41(50)47(18-9-3)26-28(5)21-27(4)25-46-19-16-29(17-20-46)31-12-13-35(37(24-31)51-6)44-36-14-15-38(48)45-40(36)49;1-6-11(2)9-14-12(3)18-8-7-13(14)10-15(16-4)17-5;4*1-2;1-4-3-2/h12-13,21-24,29-30,36,44H,4,7-11,14-20,25-26H2,1-3,5-6H3,(H,45,48,49);7,9,15-18H,6,8,10H2,1-5H3;4*1-2H3;3H,1H3/b28-21+;11-9+;;;;;. The molecule has 5 rings (SSSR count). The summed E-state index contributed by atoms with van der Waals surface area (Å²) in [7, 11) is 6.79.